The van der Waals surface area contributed by atoms with Crippen LogP contribution in [0.4, 0.5) is 0 Å². The van der Waals surface area contributed by atoms with E-state index in [1.165, 1.54) is 17.3 Å². The van der Waals surface area contributed by atoms with E-state index in [9.17, 15) is 4.79 Å². The zero-order valence-corrected chi connectivity index (χ0v) is 10.8. The van der Waals surface area contributed by atoms with Gasteiger partial charge in [-0.3, -0.25) is 14.9 Å². The van der Waals surface area contributed by atoms with E-state index in [4.69, 9.17) is 11.6 Å². The van der Waals surface area contributed by atoms with E-state index >= 15 is 0 Å². The van der Waals surface area contributed by atoms with Crippen molar-refractivity contribution in [1.29, 1.82) is 0 Å². The molecule has 6 nitrogen and oxygen atoms in total. The summed E-state index contributed by atoms with van der Waals surface area (Å²) in [6.07, 6.45) is 2.98. The number of nitrogens with one attached hydrogen (secondary N) is 1. The minimum Gasteiger partial charge on any atom is -0.334 e. The number of pyridine rings is 1. The predicted octanol–water partition coefficient (Wildman–Crippen LogP) is 1.43. The van der Waals surface area contributed by atoms with Crippen molar-refractivity contribution < 1.29 is 4.79 Å². The second-order valence-corrected chi connectivity index (χ2v) is 4.26. The van der Waals surface area contributed by atoms with E-state index in [0.29, 0.717) is 28.8 Å². The number of nitrogens with zero attached hydrogens (tertiary/aromatic N) is 4. The van der Waals surface area contributed by atoms with E-state index in [2.05, 4.69) is 20.2 Å². The Morgan fingerprint density at radius 2 is 2.33 bits per heavy atom. The number of amides is 1. The van der Waals surface area contributed by atoms with E-state index < -0.39 is 0 Å². The molecule has 1 N–H and O–H groups in total. The lowest BCUT2D eigenvalue weighted by molar-refractivity contribution is 0.0781. The van der Waals surface area contributed by atoms with Gasteiger partial charge in [-0.15, -0.1) is 0 Å². The van der Waals surface area contributed by atoms with Gasteiger partial charge >= 0.3 is 0 Å². The van der Waals surface area contributed by atoms with Crippen LogP contribution in [-0.4, -0.2) is 38.0 Å². The molecule has 0 unspecified atom stereocenters. The van der Waals surface area contributed by atoms with Gasteiger partial charge < -0.3 is 4.90 Å². The van der Waals surface area contributed by atoms with Crippen molar-refractivity contribution >= 4 is 17.5 Å². The van der Waals surface area contributed by atoms with Crippen LogP contribution in [0.3, 0.4) is 0 Å². The third-order valence-corrected chi connectivity index (χ3v) is 2.67. The third-order valence-electron chi connectivity index (χ3n) is 2.37. The fraction of sp³-hybridized carbons (Fsp3) is 0.273. The molecule has 0 aliphatic rings. The average molecular weight is 266 g/mol. The number of halogens is 1. The van der Waals surface area contributed by atoms with Crippen molar-refractivity contribution in [3.63, 3.8) is 0 Å². The quantitative estimate of drug-likeness (QED) is 0.911. The second-order valence-electron chi connectivity index (χ2n) is 3.85. The molecule has 0 spiro atoms. The second kappa shape index (κ2) is 5.14. The maximum absolute atomic E-state index is 12.1. The molecule has 18 heavy (non-hydrogen) atoms. The fourth-order valence-corrected chi connectivity index (χ4v) is 1.70. The molecule has 0 fully saturated rings. The maximum Gasteiger partial charge on any atom is 0.255 e. The molecular formula is C11H12ClN5O. The molecule has 0 aromatic carbocycles. The van der Waals surface area contributed by atoms with Gasteiger partial charge in [-0.1, -0.05) is 11.6 Å². The maximum atomic E-state index is 12.1. The van der Waals surface area contributed by atoms with Crippen molar-refractivity contribution in [1.82, 2.24) is 25.1 Å². The molecule has 94 valence electrons. The normalized spacial score (nSPS) is 10.4. The summed E-state index contributed by atoms with van der Waals surface area (Å²) in [6, 6.07) is 1.59. The molecule has 0 saturated heterocycles. The van der Waals surface area contributed by atoms with E-state index in [1.54, 1.807) is 20.0 Å². The Morgan fingerprint density at radius 3 is 2.94 bits per heavy atom. The smallest absolute Gasteiger partial charge is 0.255 e. The Morgan fingerprint density at radius 1 is 1.56 bits per heavy atom. The van der Waals surface area contributed by atoms with Gasteiger partial charge in [0, 0.05) is 19.4 Å². The minimum atomic E-state index is -0.190. The molecule has 1 amide bonds. The highest BCUT2D eigenvalue weighted by molar-refractivity contribution is 6.33. The van der Waals surface area contributed by atoms with Gasteiger partial charge in [0.05, 0.1) is 17.1 Å². The topological polar surface area (TPSA) is 74.8 Å². The molecule has 0 atom stereocenters. The lowest BCUT2D eigenvalue weighted by Crippen LogP contribution is -2.27. The molecule has 0 saturated carbocycles. The number of hydrogen-bond acceptors (Lipinski definition) is 4. The Balaban J connectivity index is 2.12. The summed E-state index contributed by atoms with van der Waals surface area (Å²) in [7, 11) is 1.67. The SMILES string of the molecule is Cc1nc(CN(C)C(=O)c2ccncc2Cl)n[nH]1. The standard InChI is InChI=1S/C11H12ClN5O/c1-7-14-10(16-15-7)6-17(2)11(18)8-3-4-13-5-9(8)12/h3-5H,6H2,1-2H3,(H,14,15,16). The molecule has 2 aromatic heterocycles. The van der Waals surface area contributed by atoms with Crippen molar-refractivity contribution in [2.75, 3.05) is 7.05 Å². The van der Waals surface area contributed by atoms with Gasteiger partial charge in [-0.2, -0.15) is 5.10 Å². The molecular weight excluding hydrogens is 254 g/mol. The van der Waals surface area contributed by atoms with E-state index in [1.807, 2.05) is 0 Å². The van der Waals surface area contributed by atoms with Gasteiger partial charge in [0.1, 0.15) is 5.82 Å². The highest BCUT2D eigenvalue weighted by Gasteiger charge is 2.16. The predicted molar refractivity (Wildman–Crippen MR) is 66.2 cm³/mol. The van der Waals surface area contributed by atoms with Crippen LogP contribution in [0.1, 0.15) is 22.0 Å². The number of aromatic nitrogens is 4. The summed E-state index contributed by atoms with van der Waals surface area (Å²) >= 11 is 5.92. The molecule has 2 aromatic rings. The first-order valence-electron chi connectivity index (χ1n) is 5.31. The lowest BCUT2D eigenvalue weighted by Gasteiger charge is -2.15. The van der Waals surface area contributed by atoms with Gasteiger partial charge in [-0.25, -0.2) is 4.98 Å². The summed E-state index contributed by atoms with van der Waals surface area (Å²) in [5.74, 6) is 1.09. The van der Waals surface area contributed by atoms with Crippen LogP contribution in [0, 0.1) is 6.92 Å². The first-order valence-corrected chi connectivity index (χ1v) is 5.68. The molecule has 7 heteroatoms. The van der Waals surface area contributed by atoms with Crippen molar-refractivity contribution in [3.05, 3.63) is 40.7 Å². The largest absolute Gasteiger partial charge is 0.334 e. The van der Waals surface area contributed by atoms with E-state index in [-0.39, 0.29) is 5.91 Å². The number of aromatic amines is 1. The van der Waals surface area contributed by atoms with Gasteiger partial charge in [0.25, 0.3) is 5.91 Å². The number of aryl methyl sites for hydroxylation is 1. The first kappa shape index (κ1) is 12.5. The highest BCUT2D eigenvalue weighted by atomic mass is 35.5. The van der Waals surface area contributed by atoms with Crippen LogP contribution in [0.2, 0.25) is 5.02 Å². The van der Waals surface area contributed by atoms with Gasteiger partial charge in [0.2, 0.25) is 0 Å². The monoisotopic (exact) mass is 265 g/mol. The summed E-state index contributed by atoms with van der Waals surface area (Å²) < 4.78 is 0. The zero-order valence-electron chi connectivity index (χ0n) is 10.0. The van der Waals surface area contributed by atoms with E-state index in [0.717, 1.165) is 0 Å². The fourth-order valence-electron chi connectivity index (χ4n) is 1.50. The van der Waals surface area contributed by atoms with Crippen molar-refractivity contribution in [3.8, 4) is 0 Å². The average Bonchev–Trinajstić information content (AvgIpc) is 2.74. The Bertz CT molecular complexity index is 568. The number of H-pyrrole nitrogens is 1. The van der Waals surface area contributed by atoms with Gasteiger partial charge in [-0.05, 0) is 13.0 Å². The number of carbonyl (C=O) groups is 1. The molecule has 0 radical (unpaired) electrons. The van der Waals surface area contributed by atoms with Crippen LogP contribution >= 0.6 is 11.6 Å². The molecule has 0 bridgehead atoms. The van der Waals surface area contributed by atoms with Crippen LogP contribution in [-0.2, 0) is 6.54 Å². The number of carbonyl (C=O) groups excluding carboxylic acids is 1. The highest BCUT2D eigenvalue weighted by Crippen LogP contribution is 2.15. The number of hydrogen-bond donors (Lipinski definition) is 1. The third kappa shape index (κ3) is 2.65. The molecule has 2 rings (SSSR count). The van der Waals surface area contributed by atoms with Crippen molar-refractivity contribution in [2.24, 2.45) is 0 Å². The molecule has 0 aliphatic heterocycles. The first-order chi connectivity index (χ1) is 8.58. The van der Waals surface area contributed by atoms with Crippen LogP contribution in [0.5, 0.6) is 0 Å². The molecule has 2 heterocycles. The van der Waals surface area contributed by atoms with Crippen LogP contribution in [0.25, 0.3) is 0 Å². The Hall–Kier alpha value is -1.95. The summed E-state index contributed by atoms with van der Waals surface area (Å²) in [5, 5.41) is 7.04. The summed E-state index contributed by atoms with van der Waals surface area (Å²) in [5.41, 5.74) is 0.418. The lowest BCUT2D eigenvalue weighted by atomic mass is 10.2. The minimum absolute atomic E-state index is 0.190. The summed E-state index contributed by atoms with van der Waals surface area (Å²) in [6.45, 7) is 2.12. The Kier molecular flexibility index (Phi) is 3.57. The zero-order chi connectivity index (χ0) is 13.1. The van der Waals surface area contributed by atoms with Crippen molar-refractivity contribution in [2.45, 2.75) is 13.5 Å². The van der Waals surface area contributed by atoms with Gasteiger partial charge in [0.15, 0.2) is 5.82 Å². The Labute approximate surface area is 109 Å². The van der Waals surface area contributed by atoms with Crippen LogP contribution in [0.15, 0.2) is 18.5 Å². The number of rotatable bonds is 3. The summed E-state index contributed by atoms with van der Waals surface area (Å²) in [4.78, 5) is 21.6. The van der Waals surface area contributed by atoms with Crippen LogP contribution < -0.4 is 0 Å². The molecule has 0 aliphatic carbocycles.